The smallest absolute Gasteiger partial charge is 0.252 e. The molecule has 0 aliphatic heterocycles. The van der Waals surface area contributed by atoms with Crippen LogP contribution in [0.4, 0.5) is 0 Å². The third-order valence-electron chi connectivity index (χ3n) is 3.39. The van der Waals surface area contributed by atoms with Gasteiger partial charge in [-0.2, -0.15) is 5.10 Å². The molecule has 2 aromatic heterocycles. The summed E-state index contributed by atoms with van der Waals surface area (Å²) < 4.78 is 27.5. The highest BCUT2D eigenvalue weighted by atomic mass is 127. The third-order valence-corrected chi connectivity index (χ3v) is 6.75. The van der Waals surface area contributed by atoms with Crippen LogP contribution in [0.1, 0.15) is 10.6 Å². The second-order valence-corrected chi connectivity index (χ2v) is 8.78. The zero-order valence-electron chi connectivity index (χ0n) is 14.6. The summed E-state index contributed by atoms with van der Waals surface area (Å²) in [6, 6.07) is 5.36. The Morgan fingerprint density at radius 2 is 1.96 bits per heavy atom. The summed E-state index contributed by atoms with van der Waals surface area (Å²) >= 11 is 1.25. The Kier molecular flexibility index (Phi) is 8.31. The molecular formula is C14H23IN6O2S2. The predicted octanol–water partition coefficient (Wildman–Crippen LogP) is 1.22. The second kappa shape index (κ2) is 9.50. The van der Waals surface area contributed by atoms with E-state index in [4.69, 9.17) is 0 Å². The number of thiophene rings is 1. The summed E-state index contributed by atoms with van der Waals surface area (Å²) in [4.78, 5) is 5.07. The molecule has 0 aliphatic carbocycles. The van der Waals surface area contributed by atoms with Crippen LogP contribution < -0.4 is 10.6 Å². The van der Waals surface area contributed by atoms with Gasteiger partial charge in [0.2, 0.25) is 0 Å². The van der Waals surface area contributed by atoms with Crippen molar-refractivity contribution in [2.24, 2.45) is 12.0 Å². The topological polar surface area (TPSA) is 91.6 Å². The van der Waals surface area contributed by atoms with Gasteiger partial charge in [0.25, 0.3) is 10.0 Å². The molecule has 0 atom stereocenters. The van der Waals surface area contributed by atoms with Crippen LogP contribution in [-0.2, 0) is 30.2 Å². The predicted molar refractivity (Wildman–Crippen MR) is 111 cm³/mol. The quantitative estimate of drug-likeness (QED) is 0.355. The number of halogens is 1. The average Bonchev–Trinajstić information content (AvgIpc) is 3.17. The molecular weight excluding hydrogens is 475 g/mol. The molecule has 8 nitrogen and oxygen atoms in total. The van der Waals surface area contributed by atoms with Gasteiger partial charge in [-0.1, -0.05) is 0 Å². The average molecular weight is 498 g/mol. The van der Waals surface area contributed by atoms with Crippen molar-refractivity contribution in [1.82, 2.24) is 24.7 Å². The van der Waals surface area contributed by atoms with Gasteiger partial charge in [0.15, 0.2) is 5.96 Å². The molecule has 0 amide bonds. The van der Waals surface area contributed by atoms with Gasteiger partial charge >= 0.3 is 0 Å². The molecule has 0 bridgehead atoms. The van der Waals surface area contributed by atoms with Gasteiger partial charge in [0.05, 0.1) is 18.8 Å². The fourth-order valence-corrected chi connectivity index (χ4v) is 4.38. The Balaban J connectivity index is 0.00000312. The van der Waals surface area contributed by atoms with Gasteiger partial charge in [0.1, 0.15) is 4.21 Å². The first-order valence-corrected chi connectivity index (χ1v) is 9.53. The van der Waals surface area contributed by atoms with E-state index in [1.807, 2.05) is 19.2 Å². The molecule has 0 fully saturated rings. The molecule has 0 aliphatic rings. The van der Waals surface area contributed by atoms with Crippen molar-refractivity contribution >= 4 is 51.3 Å². The highest BCUT2D eigenvalue weighted by Crippen LogP contribution is 2.23. The number of nitrogens with one attached hydrogen (secondary N) is 2. The zero-order valence-corrected chi connectivity index (χ0v) is 18.5. The third kappa shape index (κ3) is 5.66. The summed E-state index contributed by atoms with van der Waals surface area (Å²) in [5, 5.41) is 10.5. The maximum Gasteiger partial charge on any atom is 0.252 e. The minimum atomic E-state index is -3.38. The molecule has 0 saturated heterocycles. The SMILES string of the molecule is CN=C(NCc1ccc(S(=O)(=O)N(C)C)s1)NCc1ccnn1C.I. The van der Waals surface area contributed by atoms with Gasteiger partial charge in [-0.05, 0) is 18.2 Å². The van der Waals surface area contributed by atoms with Crippen molar-refractivity contribution in [2.45, 2.75) is 17.3 Å². The Hall–Kier alpha value is -1.18. The lowest BCUT2D eigenvalue weighted by atomic mass is 10.4. The summed E-state index contributed by atoms with van der Waals surface area (Å²) in [6.07, 6.45) is 1.74. The van der Waals surface area contributed by atoms with Crippen LogP contribution >= 0.6 is 35.3 Å². The van der Waals surface area contributed by atoms with Crippen molar-refractivity contribution in [3.63, 3.8) is 0 Å². The summed E-state index contributed by atoms with van der Waals surface area (Å²) in [6.45, 7) is 1.10. The lowest BCUT2D eigenvalue weighted by Crippen LogP contribution is -2.36. The Morgan fingerprint density at radius 1 is 1.28 bits per heavy atom. The van der Waals surface area contributed by atoms with Crippen LogP contribution in [0.15, 0.2) is 33.6 Å². The lowest BCUT2D eigenvalue weighted by Gasteiger charge is -2.11. The zero-order chi connectivity index (χ0) is 17.7. The minimum absolute atomic E-state index is 0. The maximum atomic E-state index is 12.1. The fourth-order valence-electron chi connectivity index (χ4n) is 1.91. The van der Waals surface area contributed by atoms with Crippen LogP contribution in [0.5, 0.6) is 0 Å². The highest BCUT2D eigenvalue weighted by molar-refractivity contribution is 14.0. The number of hydrogen-bond acceptors (Lipinski definition) is 5. The van der Waals surface area contributed by atoms with Crippen molar-refractivity contribution in [3.05, 3.63) is 35.0 Å². The first-order valence-electron chi connectivity index (χ1n) is 7.27. The Morgan fingerprint density at radius 3 is 2.52 bits per heavy atom. The van der Waals surface area contributed by atoms with Crippen LogP contribution in [0.2, 0.25) is 0 Å². The van der Waals surface area contributed by atoms with Crippen LogP contribution in [0.3, 0.4) is 0 Å². The standard InChI is InChI=1S/C14H22N6O2S2.HI/c1-15-14(16-9-11-7-8-18-20(11)4)17-10-12-5-6-13(23-12)24(21,22)19(2)3;/h5-8H,9-10H2,1-4H3,(H2,15,16,17);1H. The summed E-state index contributed by atoms with van der Waals surface area (Å²) in [7, 11) is 3.24. The number of hydrogen-bond donors (Lipinski definition) is 2. The number of nitrogens with zero attached hydrogens (tertiary/aromatic N) is 4. The molecule has 25 heavy (non-hydrogen) atoms. The summed E-state index contributed by atoms with van der Waals surface area (Å²) in [5.41, 5.74) is 1.04. The first kappa shape index (κ1) is 21.9. The molecule has 2 aromatic rings. The number of aliphatic imine (C=N–C) groups is 1. The molecule has 2 heterocycles. The van der Waals surface area contributed by atoms with Crippen LogP contribution in [0, 0.1) is 0 Å². The van der Waals surface area contributed by atoms with Gasteiger partial charge < -0.3 is 10.6 Å². The van der Waals surface area contributed by atoms with E-state index in [0.717, 1.165) is 10.6 Å². The first-order chi connectivity index (χ1) is 11.3. The molecule has 0 aromatic carbocycles. The van der Waals surface area contributed by atoms with Gasteiger partial charge in [-0.3, -0.25) is 9.67 Å². The second-order valence-electron chi connectivity index (χ2n) is 5.23. The number of guanidine groups is 1. The molecule has 0 saturated carbocycles. The monoisotopic (exact) mass is 498 g/mol. The Bertz CT molecular complexity index is 813. The lowest BCUT2D eigenvalue weighted by molar-refractivity contribution is 0.523. The Labute approximate surface area is 169 Å². The van der Waals surface area contributed by atoms with Crippen molar-refractivity contribution in [2.75, 3.05) is 21.1 Å². The number of aromatic nitrogens is 2. The molecule has 2 N–H and O–H groups in total. The van der Waals surface area contributed by atoms with Crippen LogP contribution in [-0.4, -0.2) is 49.6 Å². The van der Waals surface area contributed by atoms with Crippen molar-refractivity contribution in [1.29, 1.82) is 0 Å². The molecule has 0 spiro atoms. The van der Waals surface area contributed by atoms with Gasteiger partial charge in [-0.15, -0.1) is 35.3 Å². The van der Waals surface area contributed by atoms with Crippen molar-refractivity contribution in [3.8, 4) is 0 Å². The van der Waals surface area contributed by atoms with E-state index in [0.29, 0.717) is 23.3 Å². The number of aryl methyl sites for hydroxylation is 1. The van der Waals surface area contributed by atoms with E-state index in [9.17, 15) is 8.42 Å². The molecule has 0 unspecified atom stereocenters. The van der Waals surface area contributed by atoms with E-state index < -0.39 is 10.0 Å². The van der Waals surface area contributed by atoms with Crippen LogP contribution in [0.25, 0.3) is 0 Å². The van der Waals surface area contributed by atoms with E-state index in [2.05, 4.69) is 20.7 Å². The number of rotatable bonds is 6. The van der Waals surface area contributed by atoms with E-state index in [1.165, 1.54) is 29.7 Å². The van der Waals surface area contributed by atoms with Crippen molar-refractivity contribution < 1.29 is 8.42 Å². The van der Waals surface area contributed by atoms with Gasteiger partial charge in [-0.25, -0.2) is 12.7 Å². The highest BCUT2D eigenvalue weighted by Gasteiger charge is 2.19. The molecule has 11 heteroatoms. The summed E-state index contributed by atoms with van der Waals surface area (Å²) in [5.74, 6) is 0.640. The van der Waals surface area contributed by atoms with Gasteiger partial charge in [0, 0.05) is 39.3 Å². The largest absolute Gasteiger partial charge is 0.352 e. The number of sulfonamides is 1. The van der Waals surface area contributed by atoms with E-state index in [1.54, 1.807) is 24.0 Å². The normalized spacial score (nSPS) is 12.1. The van der Waals surface area contributed by atoms with E-state index >= 15 is 0 Å². The molecule has 140 valence electrons. The maximum absolute atomic E-state index is 12.1. The van der Waals surface area contributed by atoms with E-state index in [-0.39, 0.29) is 24.0 Å². The molecule has 2 rings (SSSR count). The minimum Gasteiger partial charge on any atom is -0.352 e. The molecule has 0 radical (unpaired) electrons. The fraction of sp³-hybridized carbons (Fsp3) is 0.429.